The molecule has 6 nitrogen and oxygen atoms in total. The number of rotatable bonds is 5. The fourth-order valence-corrected chi connectivity index (χ4v) is 3.35. The second-order valence-corrected chi connectivity index (χ2v) is 6.61. The van der Waals surface area contributed by atoms with E-state index in [0.29, 0.717) is 30.1 Å². The molecule has 2 amide bonds. The molecule has 0 radical (unpaired) electrons. The summed E-state index contributed by atoms with van der Waals surface area (Å²) in [6, 6.07) is 18.1. The Hall–Kier alpha value is -3.41. The zero-order valence-electron chi connectivity index (χ0n) is 14.9. The van der Waals surface area contributed by atoms with Crippen LogP contribution in [0.4, 0.5) is 5.82 Å². The van der Waals surface area contributed by atoms with Crippen molar-refractivity contribution in [1.82, 2.24) is 10.1 Å². The topological polar surface area (TPSA) is 75.4 Å². The molecule has 0 saturated heterocycles. The predicted molar refractivity (Wildman–Crippen MR) is 100 cm³/mol. The van der Waals surface area contributed by atoms with Gasteiger partial charge in [-0.3, -0.25) is 9.59 Å². The third kappa shape index (κ3) is 3.46. The van der Waals surface area contributed by atoms with E-state index in [1.54, 1.807) is 24.0 Å². The van der Waals surface area contributed by atoms with Crippen molar-refractivity contribution in [2.45, 2.75) is 25.9 Å². The number of nitrogens with one attached hydrogen (secondary N) is 1. The first-order chi connectivity index (χ1) is 13.1. The van der Waals surface area contributed by atoms with Gasteiger partial charge >= 0.3 is 0 Å². The van der Waals surface area contributed by atoms with Crippen LogP contribution in [0.25, 0.3) is 0 Å². The highest BCUT2D eigenvalue weighted by Crippen LogP contribution is 2.26. The zero-order valence-corrected chi connectivity index (χ0v) is 14.9. The molecular formula is C21H19N3O3. The quantitative estimate of drug-likeness (QED) is 0.757. The molecule has 136 valence electrons. The lowest BCUT2D eigenvalue weighted by atomic mass is 10.0. The van der Waals surface area contributed by atoms with Crippen LogP contribution in [0.1, 0.15) is 27.2 Å². The number of anilines is 1. The number of carbonyl (C=O) groups is 2. The van der Waals surface area contributed by atoms with Crippen molar-refractivity contribution in [3.05, 3.63) is 83.1 Å². The van der Waals surface area contributed by atoms with E-state index in [1.165, 1.54) is 0 Å². The molecule has 4 rings (SSSR count). The summed E-state index contributed by atoms with van der Waals surface area (Å²) in [4.78, 5) is 27.5. The summed E-state index contributed by atoms with van der Waals surface area (Å²) in [6.45, 7) is 2.17. The number of amides is 2. The lowest BCUT2D eigenvalue weighted by Crippen LogP contribution is -2.45. The Morgan fingerprint density at radius 3 is 2.63 bits per heavy atom. The van der Waals surface area contributed by atoms with E-state index in [9.17, 15) is 9.59 Å². The summed E-state index contributed by atoms with van der Waals surface area (Å²) in [5, 5.41) is 6.59. The number of benzene rings is 2. The predicted octanol–water partition coefficient (Wildman–Crippen LogP) is 3.19. The van der Waals surface area contributed by atoms with Gasteiger partial charge in [-0.15, -0.1) is 0 Å². The lowest BCUT2D eigenvalue weighted by molar-refractivity contribution is -0.120. The number of hydrogen-bond acceptors (Lipinski definition) is 4. The minimum atomic E-state index is -0.649. The van der Waals surface area contributed by atoms with Crippen molar-refractivity contribution in [2.24, 2.45) is 0 Å². The molecule has 1 aromatic heterocycles. The van der Waals surface area contributed by atoms with Crippen LogP contribution in [-0.4, -0.2) is 27.9 Å². The molecule has 2 heterocycles. The third-order valence-electron chi connectivity index (χ3n) is 4.68. The Labute approximate surface area is 156 Å². The summed E-state index contributed by atoms with van der Waals surface area (Å²) in [5.41, 5.74) is 2.57. The van der Waals surface area contributed by atoms with E-state index in [4.69, 9.17) is 4.52 Å². The Morgan fingerprint density at radius 2 is 1.93 bits per heavy atom. The van der Waals surface area contributed by atoms with Crippen LogP contribution in [0, 0.1) is 6.92 Å². The van der Waals surface area contributed by atoms with Crippen LogP contribution in [0.5, 0.6) is 0 Å². The maximum Gasteiger partial charge on any atom is 0.255 e. The molecule has 0 bridgehead atoms. The first-order valence-corrected chi connectivity index (χ1v) is 8.79. The number of carbonyl (C=O) groups excluding carboxylic acids is 2. The first kappa shape index (κ1) is 17.0. The summed E-state index contributed by atoms with van der Waals surface area (Å²) in [6.07, 6.45) is 0.420. The Morgan fingerprint density at radius 1 is 1.19 bits per heavy atom. The molecule has 2 aromatic carbocycles. The molecule has 1 aliphatic heterocycles. The van der Waals surface area contributed by atoms with Gasteiger partial charge in [0.1, 0.15) is 11.8 Å². The van der Waals surface area contributed by atoms with E-state index < -0.39 is 6.04 Å². The highest BCUT2D eigenvalue weighted by atomic mass is 16.5. The zero-order chi connectivity index (χ0) is 18.8. The highest BCUT2D eigenvalue weighted by molar-refractivity contribution is 6.03. The van der Waals surface area contributed by atoms with Crippen LogP contribution in [0.2, 0.25) is 0 Å². The molecule has 0 aliphatic carbocycles. The van der Waals surface area contributed by atoms with Gasteiger partial charge < -0.3 is 14.7 Å². The number of aryl methyl sites for hydroxylation is 1. The lowest BCUT2D eigenvalue weighted by Gasteiger charge is -2.26. The SMILES string of the molecule is Cc1cc(NC(=O)[C@@H](Cc2ccccc2)N2Cc3ccccc3C2=O)no1. The molecule has 27 heavy (non-hydrogen) atoms. The molecule has 1 atom stereocenters. The van der Waals surface area contributed by atoms with Crippen LogP contribution in [0.15, 0.2) is 65.2 Å². The molecule has 0 unspecified atom stereocenters. The average Bonchev–Trinajstić information content (AvgIpc) is 3.24. The second kappa shape index (κ2) is 7.07. The Balaban J connectivity index is 1.62. The molecule has 3 aromatic rings. The van der Waals surface area contributed by atoms with Gasteiger partial charge in [0.15, 0.2) is 5.82 Å². The van der Waals surface area contributed by atoms with E-state index in [-0.39, 0.29) is 11.8 Å². The van der Waals surface area contributed by atoms with Crippen molar-refractivity contribution in [2.75, 3.05) is 5.32 Å². The monoisotopic (exact) mass is 361 g/mol. The normalized spacial score (nSPS) is 14.1. The minimum Gasteiger partial charge on any atom is -0.360 e. The molecule has 6 heteroatoms. The molecule has 0 fully saturated rings. The highest BCUT2D eigenvalue weighted by Gasteiger charge is 2.36. The van der Waals surface area contributed by atoms with Crippen molar-refractivity contribution in [3.63, 3.8) is 0 Å². The van der Waals surface area contributed by atoms with Gasteiger partial charge in [0.2, 0.25) is 5.91 Å². The van der Waals surface area contributed by atoms with Crippen LogP contribution >= 0.6 is 0 Å². The maximum absolute atomic E-state index is 13.0. The molecule has 1 aliphatic rings. The molecule has 0 saturated carbocycles. The average molecular weight is 361 g/mol. The van der Waals surface area contributed by atoms with Gasteiger partial charge in [0.05, 0.1) is 0 Å². The Kier molecular flexibility index (Phi) is 4.46. The summed E-state index contributed by atoms with van der Waals surface area (Å²) >= 11 is 0. The van der Waals surface area contributed by atoms with Crippen LogP contribution < -0.4 is 5.32 Å². The second-order valence-electron chi connectivity index (χ2n) is 6.61. The first-order valence-electron chi connectivity index (χ1n) is 8.79. The van der Waals surface area contributed by atoms with Crippen LogP contribution in [-0.2, 0) is 17.8 Å². The van der Waals surface area contributed by atoms with E-state index in [1.807, 2.05) is 48.5 Å². The maximum atomic E-state index is 13.0. The smallest absolute Gasteiger partial charge is 0.255 e. The number of hydrogen-bond donors (Lipinski definition) is 1. The van der Waals surface area contributed by atoms with E-state index in [0.717, 1.165) is 11.1 Å². The minimum absolute atomic E-state index is 0.127. The van der Waals surface area contributed by atoms with Gasteiger partial charge in [0, 0.05) is 24.6 Å². The van der Waals surface area contributed by atoms with Crippen molar-refractivity contribution >= 4 is 17.6 Å². The van der Waals surface area contributed by atoms with Crippen LogP contribution in [0.3, 0.4) is 0 Å². The number of aromatic nitrogens is 1. The summed E-state index contributed by atoms with van der Waals surface area (Å²) in [5.74, 6) is 0.542. The van der Waals surface area contributed by atoms with Gasteiger partial charge in [0.25, 0.3) is 5.91 Å². The van der Waals surface area contributed by atoms with Gasteiger partial charge in [-0.2, -0.15) is 0 Å². The van der Waals surface area contributed by atoms with E-state index >= 15 is 0 Å². The molecular weight excluding hydrogens is 342 g/mol. The van der Waals surface area contributed by atoms with Gasteiger partial charge in [-0.25, -0.2) is 0 Å². The standard InChI is InChI=1S/C21H19N3O3/c1-14-11-19(23-27-14)22-20(25)18(12-15-7-3-2-4-8-15)24-13-16-9-5-6-10-17(16)21(24)26/h2-11,18H,12-13H2,1H3,(H,22,23,25)/t18-/m1/s1. The number of nitrogens with zero attached hydrogens (tertiary/aromatic N) is 2. The van der Waals surface area contributed by atoms with E-state index in [2.05, 4.69) is 10.5 Å². The summed E-state index contributed by atoms with van der Waals surface area (Å²) in [7, 11) is 0. The molecule has 0 spiro atoms. The van der Waals surface area contributed by atoms with Gasteiger partial charge in [-0.1, -0.05) is 53.7 Å². The molecule has 1 N–H and O–H groups in total. The number of fused-ring (bicyclic) bond motifs is 1. The largest absolute Gasteiger partial charge is 0.360 e. The van der Waals surface area contributed by atoms with Crippen molar-refractivity contribution in [3.8, 4) is 0 Å². The Bertz CT molecular complexity index is 981. The van der Waals surface area contributed by atoms with Crippen molar-refractivity contribution < 1.29 is 14.1 Å². The third-order valence-corrected chi connectivity index (χ3v) is 4.68. The van der Waals surface area contributed by atoms with Crippen molar-refractivity contribution in [1.29, 1.82) is 0 Å². The fraction of sp³-hybridized carbons (Fsp3) is 0.190. The summed E-state index contributed by atoms with van der Waals surface area (Å²) < 4.78 is 5.02. The fourth-order valence-electron chi connectivity index (χ4n) is 3.35. The van der Waals surface area contributed by atoms with Gasteiger partial charge in [-0.05, 0) is 24.1 Å².